The molecule has 0 spiro atoms. The van der Waals surface area contributed by atoms with E-state index >= 15 is 0 Å². The summed E-state index contributed by atoms with van der Waals surface area (Å²) < 4.78 is 26.2. The summed E-state index contributed by atoms with van der Waals surface area (Å²) in [6, 6.07) is 1.88. The van der Waals surface area contributed by atoms with Crippen molar-refractivity contribution in [3.05, 3.63) is 39.3 Å². The summed E-state index contributed by atoms with van der Waals surface area (Å²) >= 11 is 1.01. The number of hydrogen-bond donors (Lipinski definition) is 0. The van der Waals surface area contributed by atoms with Crippen molar-refractivity contribution in [1.29, 1.82) is 0 Å². The van der Waals surface area contributed by atoms with E-state index in [1.54, 1.807) is 0 Å². The molecule has 0 aliphatic heterocycles. The minimum absolute atomic E-state index is 0.0116. The van der Waals surface area contributed by atoms with Gasteiger partial charge in [-0.05, 0) is 11.4 Å². The molecule has 1 heterocycles. The average Bonchev–Trinajstić information content (AvgIpc) is 2.51. The van der Waals surface area contributed by atoms with Crippen LogP contribution in [0.25, 0.3) is 10.1 Å². The minimum Gasteiger partial charge on any atom is -0.258 e. The van der Waals surface area contributed by atoms with Crippen molar-refractivity contribution < 1.29 is 13.7 Å². The van der Waals surface area contributed by atoms with Crippen LogP contribution in [0.15, 0.2) is 17.5 Å². The number of nitrogens with zero attached hydrogens (tertiary/aromatic N) is 1. The highest BCUT2D eigenvalue weighted by Crippen LogP contribution is 2.33. The standard InChI is InChI=1S/C8H3F2NO2S/c9-5-3-6(10)8-4(1-2-14-8)7(5)11(12)13/h1-3H. The van der Waals surface area contributed by atoms with E-state index in [1.807, 2.05) is 0 Å². The van der Waals surface area contributed by atoms with Crippen LogP contribution in [0.2, 0.25) is 0 Å². The molecule has 0 amide bonds. The topological polar surface area (TPSA) is 43.1 Å². The molecule has 1 aromatic carbocycles. The number of halogens is 2. The molecule has 0 radical (unpaired) electrons. The molecule has 0 aliphatic carbocycles. The van der Waals surface area contributed by atoms with E-state index in [0.29, 0.717) is 6.07 Å². The quantitative estimate of drug-likeness (QED) is 0.542. The van der Waals surface area contributed by atoms with Crippen LogP contribution < -0.4 is 0 Å². The van der Waals surface area contributed by atoms with Gasteiger partial charge in [0.1, 0.15) is 5.82 Å². The molecule has 1 aromatic heterocycles. The highest BCUT2D eigenvalue weighted by Gasteiger charge is 2.22. The molecule has 0 atom stereocenters. The Morgan fingerprint density at radius 3 is 2.71 bits per heavy atom. The van der Waals surface area contributed by atoms with Gasteiger partial charge in [0.05, 0.1) is 15.0 Å². The molecule has 6 heteroatoms. The van der Waals surface area contributed by atoms with Crippen molar-refractivity contribution in [3.63, 3.8) is 0 Å². The maximum atomic E-state index is 13.1. The Morgan fingerprint density at radius 2 is 2.07 bits per heavy atom. The maximum Gasteiger partial charge on any atom is 0.313 e. The van der Waals surface area contributed by atoms with Crippen molar-refractivity contribution in [2.75, 3.05) is 0 Å². The monoisotopic (exact) mass is 215 g/mol. The fourth-order valence-corrected chi connectivity index (χ4v) is 2.04. The van der Waals surface area contributed by atoms with Gasteiger partial charge in [-0.2, -0.15) is 4.39 Å². The number of benzene rings is 1. The second-order valence-corrected chi connectivity index (χ2v) is 3.53. The summed E-state index contributed by atoms with van der Waals surface area (Å²) in [6.45, 7) is 0. The van der Waals surface area contributed by atoms with Crippen LogP contribution >= 0.6 is 11.3 Å². The summed E-state index contributed by atoms with van der Waals surface area (Å²) in [4.78, 5) is 9.65. The highest BCUT2D eigenvalue weighted by atomic mass is 32.1. The summed E-state index contributed by atoms with van der Waals surface area (Å²) in [5.41, 5.74) is -0.664. The van der Waals surface area contributed by atoms with Gasteiger partial charge in [-0.3, -0.25) is 10.1 Å². The molecular weight excluding hydrogens is 212 g/mol. The van der Waals surface area contributed by atoms with Gasteiger partial charge in [0.25, 0.3) is 0 Å². The van der Waals surface area contributed by atoms with Crippen LogP contribution in [0.1, 0.15) is 0 Å². The van der Waals surface area contributed by atoms with Gasteiger partial charge < -0.3 is 0 Å². The lowest BCUT2D eigenvalue weighted by atomic mass is 10.2. The summed E-state index contributed by atoms with van der Waals surface area (Å²) in [5, 5.41) is 12.0. The van der Waals surface area contributed by atoms with Crippen LogP contribution in [0.5, 0.6) is 0 Å². The van der Waals surface area contributed by atoms with Crippen molar-refractivity contribution in [2.45, 2.75) is 0 Å². The Bertz CT molecular complexity index is 523. The Hall–Kier alpha value is -1.56. The lowest BCUT2D eigenvalue weighted by Gasteiger charge is -1.96. The molecule has 0 unspecified atom stereocenters. The third kappa shape index (κ3) is 1.15. The third-order valence-corrected chi connectivity index (χ3v) is 2.72. The van der Waals surface area contributed by atoms with Gasteiger partial charge in [-0.15, -0.1) is 11.3 Å². The Morgan fingerprint density at radius 1 is 1.36 bits per heavy atom. The Labute approximate surface area is 80.7 Å². The lowest BCUT2D eigenvalue weighted by molar-refractivity contribution is -0.385. The van der Waals surface area contributed by atoms with E-state index in [2.05, 4.69) is 0 Å². The zero-order valence-corrected chi connectivity index (χ0v) is 7.48. The van der Waals surface area contributed by atoms with Gasteiger partial charge >= 0.3 is 5.69 Å². The van der Waals surface area contributed by atoms with Gasteiger partial charge in [-0.25, -0.2) is 4.39 Å². The lowest BCUT2D eigenvalue weighted by Crippen LogP contribution is -1.94. The first kappa shape index (κ1) is 9.01. The van der Waals surface area contributed by atoms with Gasteiger partial charge in [0, 0.05) is 6.07 Å². The van der Waals surface area contributed by atoms with Gasteiger partial charge in [0.15, 0.2) is 0 Å². The van der Waals surface area contributed by atoms with Gasteiger partial charge in [-0.1, -0.05) is 0 Å². The van der Waals surface area contributed by atoms with Crippen LogP contribution in [0.4, 0.5) is 14.5 Å². The molecule has 2 aromatic rings. The predicted molar refractivity (Wildman–Crippen MR) is 48.4 cm³/mol. The number of nitro benzene ring substituents is 1. The maximum absolute atomic E-state index is 13.1. The number of nitro groups is 1. The SMILES string of the molecule is O=[N+]([O-])c1c(F)cc(F)c2sccc12. The molecule has 0 aliphatic rings. The van der Waals surface area contributed by atoms with Crippen molar-refractivity contribution in [1.82, 2.24) is 0 Å². The number of fused-ring (bicyclic) bond motifs is 1. The third-order valence-electron chi connectivity index (χ3n) is 1.80. The van der Waals surface area contributed by atoms with Crippen LogP contribution in [0.3, 0.4) is 0 Å². The van der Waals surface area contributed by atoms with Crippen LogP contribution in [-0.2, 0) is 0 Å². The first-order chi connectivity index (χ1) is 6.61. The number of thiophene rings is 1. The van der Waals surface area contributed by atoms with E-state index in [4.69, 9.17) is 0 Å². The average molecular weight is 215 g/mol. The molecule has 0 bridgehead atoms. The smallest absolute Gasteiger partial charge is 0.258 e. The highest BCUT2D eigenvalue weighted by molar-refractivity contribution is 7.17. The predicted octanol–water partition coefficient (Wildman–Crippen LogP) is 3.09. The van der Waals surface area contributed by atoms with E-state index in [-0.39, 0.29) is 10.1 Å². The number of hydrogen-bond acceptors (Lipinski definition) is 3. The van der Waals surface area contributed by atoms with Crippen molar-refractivity contribution in [3.8, 4) is 0 Å². The van der Waals surface area contributed by atoms with Gasteiger partial charge in [0.2, 0.25) is 5.82 Å². The summed E-state index contributed by atoms with van der Waals surface area (Å²) in [7, 11) is 0. The Balaban J connectivity index is 2.93. The van der Waals surface area contributed by atoms with E-state index < -0.39 is 22.2 Å². The second kappa shape index (κ2) is 2.98. The second-order valence-electron chi connectivity index (χ2n) is 2.61. The fraction of sp³-hybridized carbons (Fsp3) is 0. The molecule has 3 nitrogen and oxygen atoms in total. The minimum atomic E-state index is -1.14. The van der Waals surface area contributed by atoms with Crippen LogP contribution in [0, 0.1) is 21.7 Å². The zero-order chi connectivity index (χ0) is 10.3. The Kier molecular flexibility index (Phi) is 1.92. The van der Waals surface area contributed by atoms with Crippen molar-refractivity contribution >= 4 is 27.1 Å². The number of rotatable bonds is 1. The molecule has 14 heavy (non-hydrogen) atoms. The zero-order valence-electron chi connectivity index (χ0n) is 6.66. The molecule has 0 N–H and O–H groups in total. The molecule has 72 valence electrons. The van der Waals surface area contributed by atoms with Crippen molar-refractivity contribution in [2.24, 2.45) is 0 Å². The normalized spacial score (nSPS) is 10.7. The molecule has 0 saturated carbocycles. The molecule has 0 fully saturated rings. The first-order valence-electron chi connectivity index (χ1n) is 3.61. The summed E-state index contributed by atoms with van der Waals surface area (Å²) in [5.74, 6) is -1.91. The van der Waals surface area contributed by atoms with Crippen LogP contribution in [-0.4, -0.2) is 4.92 Å². The van der Waals surface area contributed by atoms with E-state index in [1.165, 1.54) is 11.4 Å². The fourth-order valence-electron chi connectivity index (χ4n) is 1.24. The first-order valence-corrected chi connectivity index (χ1v) is 4.49. The molecular formula is C8H3F2NO2S. The largest absolute Gasteiger partial charge is 0.313 e. The van der Waals surface area contributed by atoms with E-state index in [0.717, 1.165) is 11.3 Å². The molecule has 0 saturated heterocycles. The molecule has 2 rings (SSSR count). The van der Waals surface area contributed by atoms with E-state index in [9.17, 15) is 18.9 Å². The summed E-state index contributed by atoms with van der Waals surface area (Å²) in [6.07, 6.45) is 0.